The van der Waals surface area contributed by atoms with Crippen LogP contribution in [-0.4, -0.2) is 18.4 Å². The summed E-state index contributed by atoms with van der Waals surface area (Å²) in [4.78, 5) is 0.427. The van der Waals surface area contributed by atoms with Crippen LogP contribution in [0, 0.1) is 5.82 Å². The first-order valence-electron chi connectivity index (χ1n) is 6.20. The minimum absolute atomic E-state index is 0.0143. The number of rotatable bonds is 5. The number of hydrogen-bond donors (Lipinski definition) is 1. The van der Waals surface area contributed by atoms with Crippen LogP contribution in [0.4, 0.5) is 10.1 Å². The van der Waals surface area contributed by atoms with E-state index in [1.54, 1.807) is 30.3 Å². The number of anilines is 1. The molecule has 0 fully saturated rings. The summed E-state index contributed by atoms with van der Waals surface area (Å²) in [6.45, 7) is 0. The molecule has 0 bridgehead atoms. The average molecular weight is 309 g/mol. The molecule has 1 atom stereocenters. The highest BCUT2D eigenvalue weighted by Crippen LogP contribution is 2.27. The van der Waals surface area contributed by atoms with Crippen molar-refractivity contribution < 1.29 is 18.1 Å². The molecule has 2 aromatic carbocycles. The van der Waals surface area contributed by atoms with Crippen molar-refractivity contribution in [3.8, 4) is 11.5 Å². The highest BCUT2D eigenvalue weighted by molar-refractivity contribution is 7.84. The first kappa shape index (κ1) is 15.3. The number of halogens is 1. The molecule has 0 aliphatic carbocycles. The Balaban J connectivity index is 2.30. The maximum absolute atomic E-state index is 14.1. The molecule has 2 aromatic rings. The Morgan fingerprint density at radius 3 is 2.62 bits per heavy atom. The topological polar surface area (TPSA) is 61.5 Å². The molecule has 21 heavy (non-hydrogen) atoms. The van der Waals surface area contributed by atoms with Gasteiger partial charge in [0.2, 0.25) is 0 Å². The van der Waals surface area contributed by atoms with Gasteiger partial charge in [0, 0.05) is 11.3 Å². The molecule has 0 radical (unpaired) electrons. The molecule has 0 heterocycles. The van der Waals surface area contributed by atoms with Crippen LogP contribution >= 0.6 is 0 Å². The molecule has 6 heteroatoms. The fraction of sp³-hybridized carbons (Fsp3) is 0.200. The third-order valence-electron chi connectivity index (χ3n) is 3.02. The van der Waals surface area contributed by atoms with Gasteiger partial charge in [0.1, 0.15) is 5.75 Å². The highest BCUT2D eigenvalue weighted by Gasteiger charge is 2.15. The van der Waals surface area contributed by atoms with E-state index in [-0.39, 0.29) is 11.5 Å². The number of benzene rings is 2. The Labute approximate surface area is 125 Å². The van der Waals surface area contributed by atoms with E-state index in [4.69, 9.17) is 15.2 Å². The van der Waals surface area contributed by atoms with E-state index in [0.717, 1.165) is 0 Å². The predicted octanol–water partition coefficient (Wildman–Crippen LogP) is 2.73. The largest absolute Gasteiger partial charge is 0.497 e. The lowest BCUT2D eigenvalue weighted by Gasteiger charge is -2.10. The van der Waals surface area contributed by atoms with Crippen LogP contribution < -0.4 is 15.2 Å². The monoisotopic (exact) mass is 309 g/mol. The van der Waals surface area contributed by atoms with Gasteiger partial charge in [-0.15, -0.1) is 0 Å². The van der Waals surface area contributed by atoms with Crippen LogP contribution in [0.2, 0.25) is 0 Å². The first-order valence-corrected chi connectivity index (χ1v) is 7.52. The zero-order chi connectivity index (χ0) is 15.4. The number of nitrogens with two attached hydrogens (primary N) is 1. The summed E-state index contributed by atoms with van der Waals surface area (Å²) in [7, 11) is 1.42. The fourth-order valence-corrected chi connectivity index (χ4v) is 3.12. The second-order valence-corrected chi connectivity index (χ2v) is 5.75. The van der Waals surface area contributed by atoms with Crippen molar-refractivity contribution in [1.29, 1.82) is 0 Å². The molecule has 1 unspecified atom stereocenters. The zero-order valence-corrected chi connectivity index (χ0v) is 12.6. The summed E-state index contributed by atoms with van der Waals surface area (Å²) in [5, 5.41) is 0. The van der Waals surface area contributed by atoms with Crippen molar-refractivity contribution in [1.82, 2.24) is 0 Å². The first-order chi connectivity index (χ1) is 10.1. The molecule has 4 nitrogen and oxygen atoms in total. The molecule has 0 aliphatic rings. The molecular formula is C15H16FNO3S. The van der Waals surface area contributed by atoms with E-state index in [1.165, 1.54) is 20.3 Å². The lowest BCUT2D eigenvalue weighted by atomic mass is 10.2. The van der Waals surface area contributed by atoms with Crippen LogP contribution in [-0.2, 0) is 16.6 Å². The van der Waals surface area contributed by atoms with E-state index in [0.29, 0.717) is 21.9 Å². The van der Waals surface area contributed by atoms with Gasteiger partial charge >= 0.3 is 0 Å². The van der Waals surface area contributed by atoms with Gasteiger partial charge < -0.3 is 15.2 Å². The zero-order valence-electron chi connectivity index (χ0n) is 11.8. The molecule has 112 valence electrons. The van der Waals surface area contributed by atoms with Crippen LogP contribution in [0.1, 0.15) is 5.56 Å². The molecule has 0 saturated carbocycles. The Morgan fingerprint density at radius 2 is 1.95 bits per heavy atom. The van der Waals surface area contributed by atoms with Crippen molar-refractivity contribution in [3.05, 3.63) is 47.8 Å². The van der Waals surface area contributed by atoms with Gasteiger partial charge in [-0.3, -0.25) is 4.21 Å². The summed E-state index contributed by atoms with van der Waals surface area (Å²) in [6.07, 6.45) is 0. The number of methoxy groups -OCH3 is 2. The van der Waals surface area contributed by atoms with Gasteiger partial charge in [0.15, 0.2) is 11.6 Å². The Kier molecular flexibility index (Phi) is 4.80. The molecule has 0 saturated heterocycles. The van der Waals surface area contributed by atoms with Crippen molar-refractivity contribution in [3.63, 3.8) is 0 Å². The minimum atomic E-state index is -1.48. The second kappa shape index (κ2) is 6.58. The van der Waals surface area contributed by atoms with Crippen molar-refractivity contribution >= 4 is 16.5 Å². The highest BCUT2D eigenvalue weighted by atomic mass is 32.2. The van der Waals surface area contributed by atoms with Crippen LogP contribution in [0.15, 0.2) is 41.3 Å². The molecule has 0 aromatic heterocycles. The van der Waals surface area contributed by atoms with E-state index >= 15 is 0 Å². The van der Waals surface area contributed by atoms with Crippen molar-refractivity contribution in [2.75, 3.05) is 20.0 Å². The Bertz CT molecular complexity index is 676. The summed E-state index contributed by atoms with van der Waals surface area (Å²) in [5.41, 5.74) is 6.53. The summed E-state index contributed by atoms with van der Waals surface area (Å²) in [6, 6.07) is 9.65. The van der Waals surface area contributed by atoms with Gasteiger partial charge in [-0.1, -0.05) is 12.1 Å². The molecule has 0 amide bonds. The van der Waals surface area contributed by atoms with E-state index in [1.807, 2.05) is 0 Å². The number of nitrogen functional groups attached to an aromatic ring is 1. The lowest BCUT2D eigenvalue weighted by molar-refractivity contribution is 0.385. The van der Waals surface area contributed by atoms with Crippen LogP contribution in [0.25, 0.3) is 0 Å². The third-order valence-corrected chi connectivity index (χ3v) is 4.43. The van der Waals surface area contributed by atoms with Gasteiger partial charge in [-0.25, -0.2) is 4.39 Å². The third kappa shape index (κ3) is 3.33. The molecular weight excluding hydrogens is 293 g/mol. The maximum Gasteiger partial charge on any atom is 0.169 e. The minimum Gasteiger partial charge on any atom is -0.497 e. The van der Waals surface area contributed by atoms with Gasteiger partial charge in [-0.05, 0) is 24.3 Å². The van der Waals surface area contributed by atoms with Gasteiger partial charge in [-0.2, -0.15) is 0 Å². The standard InChI is InChI=1S/C15H16FNO3S/c1-19-11-6-7-12(17)14(8-11)21(18)9-10-4-3-5-13(20-2)15(10)16/h3-8H,9,17H2,1-2H3. The quantitative estimate of drug-likeness (QED) is 0.863. The van der Waals surface area contributed by atoms with Crippen molar-refractivity contribution in [2.24, 2.45) is 0 Å². The lowest BCUT2D eigenvalue weighted by Crippen LogP contribution is -2.04. The molecule has 2 N–H and O–H groups in total. The van der Waals surface area contributed by atoms with Crippen molar-refractivity contribution in [2.45, 2.75) is 10.6 Å². The van der Waals surface area contributed by atoms with E-state index in [9.17, 15) is 8.60 Å². The maximum atomic E-state index is 14.1. The SMILES string of the molecule is COc1ccc(N)c(S(=O)Cc2cccc(OC)c2F)c1. The number of hydrogen-bond acceptors (Lipinski definition) is 4. The molecule has 2 rings (SSSR count). The average Bonchev–Trinajstić information content (AvgIpc) is 2.49. The molecule has 0 aliphatic heterocycles. The van der Waals surface area contributed by atoms with Gasteiger partial charge in [0.05, 0.1) is 35.7 Å². The smallest absolute Gasteiger partial charge is 0.169 e. The summed E-state index contributed by atoms with van der Waals surface area (Å²) >= 11 is 0. The Hall–Kier alpha value is -2.08. The Morgan fingerprint density at radius 1 is 1.19 bits per heavy atom. The molecule has 0 spiro atoms. The number of ether oxygens (including phenoxy) is 2. The van der Waals surface area contributed by atoms with Gasteiger partial charge in [0.25, 0.3) is 0 Å². The normalized spacial score (nSPS) is 12.0. The van der Waals surface area contributed by atoms with Crippen LogP contribution in [0.5, 0.6) is 11.5 Å². The predicted molar refractivity (Wildman–Crippen MR) is 80.5 cm³/mol. The summed E-state index contributed by atoms with van der Waals surface area (Å²) in [5.74, 6) is 0.192. The van der Waals surface area contributed by atoms with E-state index in [2.05, 4.69) is 0 Å². The second-order valence-electron chi connectivity index (χ2n) is 4.33. The summed E-state index contributed by atoms with van der Waals surface area (Å²) < 4.78 is 36.5. The van der Waals surface area contributed by atoms with E-state index < -0.39 is 16.6 Å². The van der Waals surface area contributed by atoms with Crippen LogP contribution in [0.3, 0.4) is 0 Å². The fourth-order valence-electron chi connectivity index (χ4n) is 1.88.